The number of rotatable bonds is 7. The molecule has 2 saturated heterocycles. The molecule has 2 aliphatic heterocycles. The summed E-state index contributed by atoms with van der Waals surface area (Å²) in [5.74, 6) is 2.09. The van der Waals surface area contributed by atoms with Crippen LogP contribution < -0.4 is 20.3 Å². The maximum absolute atomic E-state index is 5.96. The van der Waals surface area contributed by atoms with Gasteiger partial charge in [0.2, 0.25) is 5.88 Å². The zero-order chi connectivity index (χ0) is 19.2. The number of hydrazine groups is 1. The van der Waals surface area contributed by atoms with E-state index >= 15 is 0 Å². The molecule has 2 fully saturated rings. The van der Waals surface area contributed by atoms with Crippen molar-refractivity contribution < 1.29 is 9.47 Å². The average Bonchev–Trinajstić information content (AvgIpc) is 3.19. The summed E-state index contributed by atoms with van der Waals surface area (Å²) in [6.45, 7) is 6.87. The highest BCUT2D eigenvalue weighted by atomic mass is 16.5. The number of hydrogen-bond donors (Lipinski definition) is 2. The summed E-state index contributed by atoms with van der Waals surface area (Å²) < 4.78 is 11.5. The number of aromatic nitrogens is 2. The molecule has 0 radical (unpaired) electrons. The SMILES string of the molecule is CCOc1ccc(C2NNCC2CN2CCC(Oc3cnccn3)CC2)cc1. The second-order valence-electron chi connectivity index (χ2n) is 7.43. The number of nitrogens with one attached hydrogen (secondary N) is 2. The van der Waals surface area contributed by atoms with Crippen LogP contribution >= 0.6 is 0 Å². The first-order valence-electron chi connectivity index (χ1n) is 10.2. The van der Waals surface area contributed by atoms with Crippen LogP contribution in [0.15, 0.2) is 42.9 Å². The van der Waals surface area contributed by atoms with Gasteiger partial charge < -0.3 is 14.4 Å². The molecule has 4 rings (SSSR count). The van der Waals surface area contributed by atoms with Crippen molar-refractivity contribution in [2.24, 2.45) is 5.92 Å². The summed E-state index contributed by atoms with van der Waals surface area (Å²) in [4.78, 5) is 10.8. The van der Waals surface area contributed by atoms with E-state index in [1.807, 2.05) is 6.92 Å². The molecule has 3 heterocycles. The molecule has 2 N–H and O–H groups in total. The van der Waals surface area contributed by atoms with Crippen molar-refractivity contribution in [3.8, 4) is 11.6 Å². The fourth-order valence-electron chi connectivity index (χ4n) is 4.06. The first-order valence-corrected chi connectivity index (χ1v) is 10.2. The van der Waals surface area contributed by atoms with E-state index in [4.69, 9.17) is 9.47 Å². The average molecular weight is 383 g/mol. The summed E-state index contributed by atoms with van der Waals surface area (Å²) in [5.41, 5.74) is 8.10. The predicted molar refractivity (Wildman–Crippen MR) is 107 cm³/mol. The van der Waals surface area contributed by atoms with Gasteiger partial charge in [0.15, 0.2) is 0 Å². The van der Waals surface area contributed by atoms with E-state index in [2.05, 4.69) is 50.0 Å². The van der Waals surface area contributed by atoms with E-state index in [0.717, 1.165) is 44.8 Å². The van der Waals surface area contributed by atoms with Crippen LogP contribution in [-0.2, 0) is 0 Å². The van der Waals surface area contributed by atoms with Crippen LogP contribution in [0.25, 0.3) is 0 Å². The summed E-state index contributed by atoms with van der Waals surface area (Å²) in [5, 5.41) is 0. The maximum atomic E-state index is 5.96. The van der Waals surface area contributed by atoms with Gasteiger partial charge >= 0.3 is 0 Å². The summed E-state index contributed by atoms with van der Waals surface area (Å²) >= 11 is 0. The lowest BCUT2D eigenvalue weighted by molar-refractivity contribution is 0.0872. The van der Waals surface area contributed by atoms with Crippen molar-refractivity contribution in [3.63, 3.8) is 0 Å². The van der Waals surface area contributed by atoms with Gasteiger partial charge in [-0.15, -0.1) is 0 Å². The van der Waals surface area contributed by atoms with Gasteiger partial charge in [-0.25, -0.2) is 10.4 Å². The molecule has 2 aliphatic rings. The zero-order valence-corrected chi connectivity index (χ0v) is 16.4. The number of nitrogens with zero attached hydrogens (tertiary/aromatic N) is 3. The smallest absolute Gasteiger partial charge is 0.232 e. The monoisotopic (exact) mass is 383 g/mol. The molecule has 1 aromatic carbocycles. The fourth-order valence-corrected chi connectivity index (χ4v) is 4.06. The Bertz CT molecular complexity index is 719. The molecule has 150 valence electrons. The first-order chi connectivity index (χ1) is 13.8. The lowest BCUT2D eigenvalue weighted by atomic mass is 9.93. The van der Waals surface area contributed by atoms with Gasteiger partial charge in [-0.05, 0) is 37.5 Å². The van der Waals surface area contributed by atoms with Gasteiger partial charge in [0, 0.05) is 44.5 Å². The van der Waals surface area contributed by atoms with Crippen LogP contribution in [0.5, 0.6) is 11.6 Å². The largest absolute Gasteiger partial charge is 0.494 e. The normalized spacial score (nSPS) is 23.6. The van der Waals surface area contributed by atoms with Gasteiger partial charge in [0.25, 0.3) is 0 Å². The third-order valence-corrected chi connectivity index (χ3v) is 5.50. The van der Waals surface area contributed by atoms with Crippen LogP contribution in [0, 0.1) is 5.92 Å². The van der Waals surface area contributed by atoms with Crippen LogP contribution in [0.3, 0.4) is 0 Å². The topological polar surface area (TPSA) is 71.5 Å². The van der Waals surface area contributed by atoms with E-state index in [1.165, 1.54) is 5.56 Å². The Balaban J connectivity index is 1.28. The molecule has 0 saturated carbocycles. The van der Waals surface area contributed by atoms with Gasteiger partial charge in [0.1, 0.15) is 11.9 Å². The van der Waals surface area contributed by atoms with Gasteiger partial charge in [-0.3, -0.25) is 10.4 Å². The Labute approximate surface area is 166 Å². The van der Waals surface area contributed by atoms with E-state index in [9.17, 15) is 0 Å². The predicted octanol–water partition coefficient (Wildman–Crippen LogP) is 2.18. The van der Waals surface area contributed by atoms with Crippen molar-refractivity contribution in [2.45, 2.75) is 31.9 Å². The molecule has 0 bridgehead atoms. The highest BCUT2D eigenvalue weighted by molar-refractivity contribution is 5.30. The Hall–Kier alpha value is -2.22. The Morgan fingerprint density at radius 1 is 1.14 bits per heavy atom. The molecule has 2 atom stereocenters. The third kappa shape index (κ3) is 4.79. The molecular weight excluding hydrogens is 354 g/mol. The van der Waals surface area contributed by atoms with Gasteiger partial charge in [0.05, 0.1) is 18.8 Å². The van der Waals surface area contributed by atoms with Crippen molar-refractivity contribution in [3.05, 3.63) is 48.4 Å². The molecule has 2 unspecified atom stereocenters. The van der Waals surface area contributed by atoms with E-state index in [0.29, 0.717) is 24.4 Å². The zero-order valence-electron chi connectivity index (χ0n) is 16.4. The van der Waals surface area contributed by atoms with Gasteiger partial charge in [-0.1, -0.05) is 12.1 Å². The van der Waals surface area contributed by atoms with E-state index in [-0.39, 0.29) is 6.10 Å². The molecule has 2 aromatic rings. The molecule has 0 aliphatic carbocycles. The summed E-state index contributed by atoms with van der Waals surface area (Å²) in [6.07, 6.45) is 7.31. The summed E-state index contributed by atoms with van der Waals surface area (Å²) in [6, 6.07) is 8.79. The highest BCUT2D eigenvalue weighted by Crippen LogP contribution is 2.28. The van der Waals surface area contributed by atoms with E-state index < -0.39 is 0 Å². The molecule has 0 amide bonds. The minimum Gasteiger partial charge on any atom is -0.494 e. The third-order valence-electron chi connectivity index (χ3n) is 5.50. The molecule has 0 spiro atoms. The van der Waals surface area contributed by atoms with Crippen molar-refractivity contribution in [1.82, 2.24) is 25.7 Å². The van der Waals surface area contributed by atoms with Crippen molar-refractivity contribution >= 4 is 0 Å². The Morgan fingerprint density at radius 3 is 2.68 bits per heavy atom. The van der Waals surface area contributed by atoms with Crippen molar-refractivity contribution in [2.75, 3.05) is 32.8 Å². The number of ether oxygens (including phenoxy) is 2. The van der Waals surface area contributed by atoms with E-state index in [1.54, 1.807) is 18.6 Å². The number of benzene rings is 1. The minimum atomic E-state index is 0.231. The maximum Gasteiger partial charge on any atom is 0.232 e. The van der Waals surface area contributed by atoms with Gasteiger partial charge in [-0.2, -0.15) is 0 Å². The van der Waals surface area contributed by atoms with Crippen LogP contribution in [0.4, 0.5) is 0 Å². The fraction of sp³-hybridized carbons (Fsp3) is 0.524. The van der Waals surface area contributed by atoms with Crippen molar-refractivity contribution in [1.29, 1.82) is 0 Å². The second-order valence-corrected chi connectivity index (χ2v) is 7.43. The lowest BCUT2D eigenvalue weighted by Crippen LogP contribution is -2.41. The van der Waals surface area contributed by atoms with Crippen LogP contribution in [-0.4, -0.2) is 53.8 Å². The minimum absolute atomic E-state index is 0.231. The number of hydrogen-bond acceptors (Lipinski definition) is 7. The first kappa shape index (κ1) is 19.1. The Kier molecular flexibility index (Phi) is 6.36. The van der Waals surface area contributed by atoms with Crippen LogP contribution in [0.2, 0.25) is 0 Å². The number of likely N-dealkylation sites (tertiary alicyclic amines) is 1. The van der Waals surface area contributed by atoms with Crippen LogP contribution in [0.1, 0.15) is 31.4 Å². The summed E-state index contributed by atoms with van der Waals surface area (Å²) in [7, 11) is 0. The standard InChI is InChI=1S/C21H29N5O2/c1-2-27-18-5-3-16(4-6-18)21-17(13-24-25-21)15-26-11-7-19(8-12-26)28-20-14-22-9-10-23-20/h3-6,9-10,14,17,19,21,24-25H,2,7-8,11-13,15H2,1H3. The molecule has 7 nitrogen and oxygen atoms in total. The molecule has 28 heavy (non-hydrogen) atoms. The second kappa shape index (κ2) is 9.32. The Morgan fingerprint density at radius 2 is 1.96 bits per heavy atom. The quantitative estimate of drug-likeness (QED) is 0.759. The molecule has 1 aromatic heterocycles. The number of piperidine rings is 1. The highest BCUT2D eigenvalue weighted by Gasteiger charge is 2.31. The lowest BCUT2D eigenvalue weighted by Gasteiger charge is -2.34. The molecular formula is C21H29N5O2. The molecule has 7 heteroatoms.